The first-order valence-corrected chi connectivity index (χ1v) is 9.05. The minimum Gasteiger partial charge on any atom is -0.343 e. The fraction of sp³-hybridized carbons (Fsp3) is 0.0870. The van der Waals surface area contributed by atoms with Gasteiger partial charge in [0.2, 0.25) is 0 Å². The van der Waals surface area contributed by atoms with Crippen LogP contribution in [0.15, 0.2) is 84.0 Å². The van der Waals surface area contributed by atoms with E-state index in [0.29, 0.717) is 5.71 Å². The summed E-state index contributed by atoms with van der Waals surface area (Å²) in [5.74, 6) is -1.52. The highest BCUT2D eigenvalue weighted by molar-refractivity contribution is 6.00. The SMILES string of the molecule is C/C(=N\NC(=O)CNC(=O)c1cccc(F)c1)c1ccc(-c2ccccc2)cc1. The number of benzene rings is 3. The number of amides is 2. The lowest BCUT2D eigenvalue weighted by atomic mass is 10.0. The van der Waals surface area contributed by atoms with Crippen LogP contribution in [0.3, 0.4) is 0 Å². The highest BCUT2D eigenvalue weighted by Gasteiger charge is 2.08. The summed E-state index contributed by atoms with van der Waals surface area (Å²) in [4.78, 5) is 23.8. The number of hydrogen-bond donors (Lipinski definition) is 2. The quantitative estimate of drug-likeness (QED) is 0.498. The molecule has 0 spiro atoms. The van der Waals surface area contributed by atoms with Gasteiger partial charge in [-0.3, -0.25) is 9.59 Å². The molecule has 2 amide bonds. The fourth-order valence-electron chi connectivity index (χ4n) is 2.68. The lowest BCUT2D eigenvalue weighted by molar-refractivity contribution is -0.120. The molecular formula is C23H20FN3O2. The summed E-state index contributed by atoms with van der Waals surface area (Å²) in [5, 5.41) is 6.50. The summed E-state index contributed by atoms with van der Waals surface area (Å²) in [7, 11) is 0. The lowest BCUT2D eigenvalue weighted by Gasteiger charge is -2.06. The molecular weight excluding hydrogens is 369 g/mol. The van der Waals surface area contributed by atoms with Crippen LogP contribution in [0.1, 0.15) is 22.8 Å². The lowest BCUT2D eigenvalue weighted by Crippen LogP contribution is -2.35. The van der Waals surface area contributed by atoms with Crippen molar-refractivity contribution in [1.82, 2.24) is 10.7 Å². The van der Waals surface area contributed by atoms with E-state index < -0.39 is 17.6 Å². The average molecular weight is 389 g/mol. The zero-order chi connectivity index (χ0) is 20.6. The van der Waals surface area contributed by atoms with Gasteiger partial charge in [-0.2, -0.15) is 5.10 Å². The summed E-state index contributed by atoms with van der Waals surface area (Å²) in [6, 6.07) is 23.1. The first-order valence-electron chi connectivity index (χ1n) is 9.05. The van der Waals surface area contributed by atoms with Crippen molar-refractivity contribution in [2.75, 3.05) is 6.54 Å². The van der Waals surface area contributed by atoms with Crippen LogP contribution in [0, 0.1) is 5.82 Å². The molecule has 6 heteroatoms. The Morgan fingerprint density at radius 1 is 0.862 bits per heavy atom. The van der Waals surface area contributed by atoms with Gasteiger partial charge in [-0.05, 0) is 41.8 Å². The first kappa shape index (κ1) is 19.9. The standard InChI is InChI=1S/C23H20FN3O2/c1-16(17-10-12-19(13-11-17)18-6-3-2-4-7-18)26-27-22(28)15-25-23(29)20-8-5-9-21(24)14-20/h2-14H,15H2,1H3,(H,25,29)(H,27,28)/b26-16+. The molecule has 0 bridgehead atoms. The molecule has 0 heterocycles. The number of carbonyl (C=O) groups excluding carboxylic acids is 2. The van der Waals surface area contributed by atoms with Gasteiger partial charge in [0.1, 0.15) is 5.82 Å². The molecule has 29 heavy (non-hydrogen) atoms. The molecule has 3 rings (SSSR count). The largest absolute Gasteiger partial charge is 0.343 e. The molecule has 0 radical (unpaired) electrons. The van der Waals surface area contributed by atoms with E-state index in [1.807, 2.05) is 54.6 Å². The zero-order valence-electron chi connectivity index (χ0n) is 15.9. The van der Waals surface area contributed by atoms with Crippen LogP contribution in [0.25, 0.3) is 11.1 Å². The van der Waals surface area contributed by atoms with E-state index in [1.54, 1.807) is 6.92 Å². The number of nitrogens with one attached hydrogen (secondary N) is 2. The maximum Gasteiger partial charge on any atom is 0.259 e. The van der Waals surface area contributed by atoms with Gasteiger partial charge >= 0.3 is 0 Å². The van der Waals surface area contributed by atoms with Gasteiger partial charge in [0, 0.05) is 5.56 Å². The molecule has 3 aromatic rings. The second kappa shape index (κ2) is 9.41. The first-order chi connectivity index (χ1) is 14.0. The summed E-state index contributed by atoms with van der Waals surface area (Å²) < 4.78 is 13.1. The Morgan fingerprint density at radius 3 is 2.24 bits per heavy atom. The van der Waals surface area contributed by atoms with Crippen molar-refractivity contribution in [3.63, 3.8) is 0 Å². The fourth-order valence-corrected chi connectivity index (χ4v) is 2.68. The van der Waals surface area contributed by atoms with Gasteiger partial charge in [-0.1, -0.05) is 60.7 Å². The topological polar surface area (TPSA) is 70.6 Å². The van der Waals surface area contributed by atoms with Gasteiger partial charge in [0.25, 0.3) is 11.8 Å². The number of halogens is 1. The van der Waals surface area contributed by atoms with Crippen molar-refractivity contribution in [3.8, 4) is 11.1 Å². The van der Waals surface area contributed by atoms with E-state index >= 15 is 0 Å². The molecule has 2 N–H and O–H groups in total. The minimum atomic E-state index is -0.531. The van der Waals surface area contributed by atoms with Crippen molar-refractivity contribution in [1.29, 1.82) is 0 Å². The van der Waals surface area contributed by atoms with E-state index in [4.69, 9.17) is 0 Å². The van der Waals surface area contributed by atoms with Crippen LogP contribution >= 0.6 is 0 Å². The Morgan fingerprint density at radius 2 is 1.55 bits per heavy atom. The molecule has 5 nitrogen and oxygen atoms in total. The van der Waals surface area contributed by atoms with Crippen molar-refractivity contribution in [3.05, 3.63) is 95.8 Å². The monoisotopic (exact) mass is 389 g/mol. The maximum atomic E-state index is 13.1. The summed E-state index contributed by atoms with van der Waals surface area (Å²) in [6.07, 6.45) is 0. The van der Waals surface area contributed by atoms with Crippen molar-refractivity contribution in [2.45, 2.75) is 6.92 Å². The molecule has 0 saturated carbocycles. The van der Waals surface area contributed by atoms with E-state index in [1.165, 1.54) is 18.2 Å². The van der Waals surface area contributed by atoms with Gasteiger partial charge in [-0.15, -0.1) is 0 Å². The summed E-state index contributed by atoms with van der Waals surface area (Å²) in [6.45, 7) is 1.52. The predicted molar refractivity (Wildman–Crippen MR) is 111 cm³/mol. The molecule has 0 aromatic heterocycles. The molecule has 0 saturated heterocycles. The Hall–Kier alpha value is -3.80. The molecule has 0 aliphatic heterocycles. The second-order valence-corrected chi connectivity index (χ2v) is 6.37. The van der Waals surface area contributed by atoms with Crippen molar-refractivity contribution >= 4 is 17.5 Å². The molecule has 3 aromatic carbocycles. The number of rotatable bonds is 6. The van der Waals surface area contributed by atoms with Gasteiger partial charge in [-0.25, -0.2) is 9.82 Å². The van der Waals surface area contributed by atoms with Crippen LogP contribution in [0.5, 0.6) is 0 Å². The number of hydrazone groups is 1. The summed E-state index contributed by atoms with van der Waals surface area (Å²) >= 11 is 0. The Kier molecular flexibility index (Phi) is 6.47. The minimum absolute atomic E-state index is 0.149. The number of nitrogens with zero attached hydrogens (tertiary/aromatic N) is 1. The maximum absolute atomic E-state index is 13.1. The third-order valence-corrected chi connectivity index (χ3v) is 4.25. The average Bonchev–Trinajstić information content (AvgIpc) is 2.76. The van der Waals surface area contributed by atoms with Crippen molar-refractivity contribution < 1.29 is 14.0 Å². The van der Waals surface area contributed by atoms with E-state index in [0.717, 1.165) is 22.8 Å². The smallest absolute Gasteiger partial charge is 0.259 e. The second-order valence-electron chi connectivity index (χ2n) is 6.37. The van der Waals surface area contributed by atoms with Gasteiger partial charge < -0.3 is 5.32 Å². The van der Waals surface area contributed by atoms with Crippen LogP contribution < -0.4 is 10.7 Å². The Bertz CT molecular complexity index is 1030. The van der Waals surface area contributed by atoms with Crippen LogP contribution in [-0.2, 0) is 4.79 Å². The number of hydrogen-bond acceptors (Lipinski definition) is 3. The van der Waals surface area contributed by atoms with E-state index in [9.17, 15) is 14.0 Å². The Balaban J connectivity index is 1.53. The van der Waals surface area contributed by atoms with Crippen LogP contribution in [0.4, 0.5) is 4.39 Å². The molecule has 0 atom stereocenters. The predicted octanol–water partition coefficient (Wildman–Crippen LogP) is 3.76. The molecule has 0 aliphatic carbocycles. The zero-order valence-corrected chi connectivity index (χ0v) is 15.9. The highest BCUT2D eigenvalue weighted by atomic mass is 19.1. The Labute approximate surface area is 168 Å². The number of carbonyl (C=O) groups is 2. The van der Waals surface area contributed by atoms with Crippen molar-refractivity contribution in [2.24, 2.45) is 5.10 Å². The van der Waals surface area contributed by atoms with E-state index in [-0.39, 0.29) is 12.1 Å². The normalized spacial score (nSPS) is 11.0. The third-order valence-electron chi connectivity index (χ3n) is 4.25. The molecule has 0 fully saturated rings. The van der Waals surface area contributed by atoms with E-state index in [2.05, 4.69) is 15.8 Å². The summed E-state index contributed by atoms with van der Waals surface area (Å²) in [5.41, 5.74) is 6.27. The molecule has 0 unspecified atom stereocenters. The van der Waals surface area contributed by atoms with Crippen LogP contribution in [0.2, 0.25) is 0 Å². The molecule has 0 aliphatic rings. The van der Waals surface area contributed by atoms with Crippen LogP contribution in [-0.4, -0.2) is 24.1 Å². The third kappa shape index (κ3) is 5.59. The highest BCUT2D eigenvalue weighted by Crippen LogP contribution is 2.19. The van der Waals surface area contributed by atoms with Gasteiger partial charge in [0.15, 0.2) is 0 Å². The van der Waals surface area contributed by atoms with Gasteiger partial charge in [0.05, 0.1) is 12.3 Å². The molecule has 146 valence electrons.